The quantitative estimate of drug-likeness (QED) is 0.519. The molecule has 2 N–H and O–H groups in total. The maximum Gasteiger partial charge on any atom is 0.240 e. The third-order valence-electron chi connectivity index (χ3n) is 5.13. The van der Waals surface area contributed by atoms with Gasteiger partial charge in [0.1, 0.15) is 5.75 Å². The lowest BCUT2D eigenvalue weighted by Gasteiger charge is -2.12. The van der Waals surface area contributed by atoms with Crippen LogP contribution in [0.1, 0.15) is 11.1 Å². The molecule has 0 radical (unpaired) electrons. The number of benzene rings is 2. The first kappa shape index (κ1) is 22.5. The molecule has 1 heterocycles. The Morgan fingerprint density at radius 3 is 2.48 bits per heavy atom. The average molecular weight is 422 g/mol. The second-order valence-corrected chi connectivity index (χ2v) is 7.85. The third-order valence-corrected chi connectivity index (χ3v) is 5.13. The number of amides is 1. The Bertz CT molecular complexity index is 1020. The maximum atomic E-state index is 12.5. The first-order valence-corrected chi connectivity index (χ1v) is 10.3. The molecule has 0 aliphatic rings. The van der Waals surface area contributed by atoms with Crippen LogP contribution >= 0.6 is 0 Å². The molecule has 3 rings (SSSR count). The van der Waals surface area contributed by atoms with Gasteiger partial charge in [0.25, 0.3) is 0 Å². The number of rotatable bonds is 9. The van der Waals surface area contributed by atoms with Crippen molar-refractivity contribution in [3.8, 4) is 22.7 Å². The van der Waals surface area contributed by atoms with E-state index >= 15 is 0 Å². The van der Waals surface area contributed by atoms with Gasteiger partial charge in [-0.3, -0.25) is 14.7 Å². The molecule has 7 nitrogen and oxygen atoms in total. The van der Waals surface area contributed by atoms with E-state index in [1.54, 1.807) is 7.11 Å². The number of hydrogen-bond donors (Lipinski definition) is 2. The normalized spacial score (nSPS) is 11.0. The topological polar surface area (TPSA) is 71.4 Å². The minimum atomic E-state index is -0.129. The molecule has 0 bridgehead atoms. The van der Waals surface area contributed by atoms with Crippen LogP contribution in [0, 0.1) is 13.8 Å². The molecule has 1 aromatic heterocycles. The van der Waals surface area contributed by atoms with Crippen LogP contribution in [0.15, 0.2) is 48.7 Å². The van der Waals surface area contributed by atoms with Crippen LogP contribution in [0.4, 0.5) is 5.95 Å². The van der Waals surface area contributed by atoms with Crippen molar-refractivity contribution in [2.45, 2.75) is 13.8 Å². The van der Waals surface area contributed by atoms with E-state index < -0.39 is 0 Å². The van der Waals surface area contributed by atoms with E-state index in [1.165, 1.54) is 11.1 Å². The lowest BCUT2D eigenvalue weighted by Crippen LogP contribution is -2.33. The number of nitrogens with zero attached hydrogens (tertiary/aromatic N) is 3. The standard InChI is InChI=1S/C24H31N5O2/c1-17-6-9-20(14-18(17)2)29-16-22(19-7-10-21(31-5)11-8-19)26-24(29)27-23(30)15-25-12-13-28(3)4/h6-11,14,16,25H,12-13,15H2,1-5H3,(H,26,27,30). The van der Waals surface area contributed by atoms with E-state index in [2.05, 4.69) is 41.5 Å². The number of methoxy groups -OCH3 is 1. The number of aromatic nitrogens is 2. The number of carbonyl (C=O) groups is 1. The molecule has 0 unspecified atom stereocenters. The minimum Gasteiger partial charge on any atom is -0.497 e. The number of ether oxygens (including phenoxy) is 1. The largest absolute Gasteiger partial charge is 0.497 e. The van der Waals surface area contributed by atoms with Crippen LogP contribution in [0.25, 0.3) is 16.9 Å². The second kappa shape index (κ2) is 10.2. The highest BCUT2D eigenvalue weighted by molar-refractivity contribution is 5.91. The Labute approximate surface area is 184 Å². The van der Waals surface area contributed by atoms with E-state index in [9.17, 15) is 4.79 Å². The Hall–Kier alpha value is -3.16. The van der Waals surface area contributed by atoms with Gasteiger partial charge >= 0.3 is 0 Å². The Morgan fingerprint density at radius 1 is 1.10 bits per heavy atom. The lowest BCUT2D eigenvalue weighted by molar-refractivity contribution is -0.115. The van der Waals surface area contributed by atoms with Crippen LogP contribution in [-0.2, 0) is 4.79 Å². The van der Waals surface area contributed by atoms with Crippen molar-refractivity contribution in [2.75, 3.05) is 46.2 Å². The van der Waals surface area contributed by atoms with Crippen LogP contribution in [-0.4, -0.2) is 61.2 Å². The van der Waals surface area contributed by atoms with Gasteiger partial charge in [-0.2, -0.15) is 0 Å². The van der Waals surface area contributed by atoms with Crippen LogP contribution in [0.3, 0.4) is 0 Å². The Morgan fingerprint density at radius 2 is 1.84 bits per heavy atom. The van der Waals surface area contributed by atoms with E-state index in [0.29, 0.717) is 5.95 Å². The summed E-state index contributed by atoms with van der Waals surface area (Å²) in [7, 11) is 5.65. The van der Waals surface area contributed by atoms with Gasteiger partial charge in [-0.1, -0.05) is 6.07 Å². The summed E-state index contributed by atoms with van der Waals surface area (Å²) in [6.07, 6.45) is 1.95. The zero-order valence-corrected chi connectivity index (χ0v) is 18.9. The molecule has 1 amide bonds. The van der Waals surface area contributed by atoms with E-state index in [1.807, 2.05) is 55.2 Å². The fourth-order valence-electron chi connectivity index (χ4n) is 3.12. The van der Waals surface area contributed by atoms with Gasteiger partial charge in [-0.05, 0) is 75.5 Å². The Balaban J connectivity index is 1.87. The first-order valence-electron chi connectivity index (χ1n) is 10.3. The summed E-state index contributed by atoms with van der Waals surface area (Å²) < 4.78 is 7.17. The summed E-state index contributed by atoms with van der Waals surface area (Å²) >= 11 is 0. The van der Waals surface area contributed by atoms with Crippen LogP contribution in [0.2, 0.25) is 0 Å². The molecule has 2 aromatic carbocycles. The summed E-state index contributed by atoms with van der Waals surface area (Å²) in [6.45, 7) is 5.99. The van der Waals surface area contributed by atoms with Crippen molar-refractivity contribution >= 4 is 11.9 Å². The van der Waals surface area contributed by atoms with Gasteiger partial charge in [0.15, 0.2) is 0 Å². The number of imidazole rings is 1. The molecule has 0 saturated carbocycles. The highest BCUT2D eigenvalue weighted by Gasteiger charge is 2.14. The van der Waals surface area contributed by atoms with Gasteiger partial charge in [0.05, 0.1) is 19.3 Å². The number of likely N-dealkylation sites (N-methyl/N-ethyl adjacent to an activating group) is 1. The van der Waals surface area contributed by atoms with E-state index in [-0.39, 0.29) is 12.5 Å². The molecule has 0 spiro atoms. The van der Waals surface area contributed by atoms with Crippen molar-refractivity contribution in [3.05, 3.63) is 59.8 Å². The molecule has 164 valence electrons. The average Bonchev–Trinajstić information content (AvgIpc) is 3.16. The molecule has 0 saturated heterocycles. The van der Waals surface area contributed by atoms with Crippen molar-refractivity contribution in [3.63, 3.8) is 0 Å². The summed E-state index contributed by atoms with van der Waals surface area (Å²) in [6, 6.07) is 13.9. The molecule has 0 aliphatic heterocycles. The number of hydrogen-bond acceptors (Lipinski definition) is 5. The van der Waals surface area contributed by atoms with Crippen LogP contribution < -0.4 is 15.4 Å². The van der Waals surface area contributed by atoms with Gasteiger partial charge in [-0.25, -0.2) is 4.98 Å². The van der Waals surface area contributed by atoms with E-state index in [4.69, 9.17) is 9.72 Å². The smallest absolute Gasteiger partial charge is 0.240 e. The van der Waals surface area contributed by atoms with Crippen molar-refractivity contribution in [1.29, 1.82) is 0 Å². The second-order valence-electron chi connectivity index (χ2n) is 7.85. The lowest BCUT2D eigenvalue weighted by atomic mass is 10.1. The predicted octanol–water partition coefficient (Wildman–Crippen LogP) is 3.25. The summed E-state index contributed by atoms with van der Waals surface area (Å²) in [5.41, 5.74) is 5.07. The summed E-state index contributed by atoms with van der Waals surface area (Å²) in [4.78, 5) is 19.3. The predicted molar refractivity (Wildman–Crippen MR) is 125 cm³/mol. The van der Waals surface area contributed by atoms with Gasteiger partial charge < -0.3 is 15.0 Å². The minimum absolute atomic E-state index is 0.129. The van der Waals surface area contributed by atoms with Crippen molar-refractivity contribution < 1.29 is 9.53 Å². The molecular formula is C24H31N5O2. The molecule has 31 heavy (non-hydrogen) atoms. The number of carbonyl (C=O) groups excluding carboxylic acids is 1. The highest BCUT2D eigenvalue weighted by Crippen LogP contribution is 2.26. The first-order chi connectivity index (χ1) is 14.9. The summed E-state index contributed by atoms with van der Waals surface area (Å²) in [5.74, 6) is 1.15. The molecule has 3 aromatic rings. The number of anilines is 1. The molecular weight excluding hydrogens is 390 g/mol. The fourth-order valence-corrected chi connectivity index (χ4v) is 3.12. The van der Waals surface area contributed by atoms with Crippen LogP contribution in [0.5, 0.6) is 5.75 Å². The zero-order valence-electron chi connectivity index (χ0n) is 18.9. The molecule has 7 heteroatoms. The molecule has 0 fully saturated rings. The SMILES string of the molecule is COc1ccc(-c2cn(-c3ccc(C)c(C)c3)c(NC(=O)CNCCN(C)C)n2)cc1. The van der Waals surface area contributed by atoms with E-state index in [0.717, 1.165) is 35.8 Å². The Kier molecular flexibility index (Phi) is 7.44. The maximum absolute atomic E-state index is 12.5. The highest BCUT2D eigenvalue weighted by atomic mass is 16.5. The van der Waals surface area contributed by atoms with Crippen molar-refractivity contribution in [2.24, 2.45) is 0 Å². The molecule has 0 aliphatic carbocycles. The third kappa shape index (κ3) is 5.93. The van der Waals surface area contributed by atoms with Gasteiger partial charge in [0, 0.05) is 30.5 Å². The summed E-state index contributed by atoms with van der Waals surface area (Å²) in [5, 5.41) is 6.12. The monoisotopic (exact) mass is 421 g/mol. The fraction of sp³-hybridized carbons (Fsp3) is 0.333. The van der Waals surface area contributed by atoms with Crippen molar-refractivity contribution in [1.82, 2.24) is 19.8 Å². The molecule has 0 atom stereocenters. The van der Waals surface area contributed by atoms with Gasteiger partial charge in [0.2, 0.25) is 11.9 Å². The number of nitrogens with one attached hydrogen (secondary N) is 2. The zero-order chi connectivity index (χ0) is 22.4. The van der Waals surface area contributed by atoms with Gasteiger partial charge in [-0.15, -0.1) is 0 Å². The number of aryl methyl sites for hydroxylation is 2.